The Morgan fingerprint density at radius 2 is 2.17 bits per heavy atom. The van der Waals surface area contributed by atoms with E-state index in [0.29, 0.717) is 5.92 Å². The molecule has 68 valence electrons. The smallest absolute Gasteiger partial charge is 0.211 e. The fraction of sp³-hybridized carbons (Fsp3) is 0.900. The molecule has 3 atom stereocenters. The summed E-state index contributed by atoms with van der Waals surface area (Å²) in [6.45, 7) is 6.51. The highest BCUT2D eigenvalue weighted by Gasteiger charge is 2.35. The number of aliphatic imine (C=N–C) groups is 1. The van der Waals surface area contributed by atoms with E-state index in [2.05, 4.69) is 25.8 Å². The maximum atomic E-state index is 10.2. The molecule has 0 aromatic rings. The van der Waals surface area contributed by atoms with E-state index in [-0.39, 0.29) is 5.54 Å². The first kappa shape index (κ1) is 9.47. The molecule has 1 aliphatic rings. The van der Waals surface area contributed by atoms with Crippen molar-refractivity contribution in [2.45, 2.75) is 45.6 Å². The molecular weight excluding hydrogens is 150 g/mol. The van der Waals surface area contributed by atoms with Crippen molar-refractivity contribution in [3.05, 3.63) is 0 Å². The Kier molecular flexibility index (Phi) is 2.69. The first-order valence-corrected chi connectivity index (χ1v) is 4.67. The normalized spacial score (nSPS) is 41.9. The van der Waals surface area contributed by atoms with E-state index in [1.165, 1.54) is 12.8 Å². The molecule has 0 aliphatic heterocycles. The quantitative estimate of drug-likeness (QED) is 0.436. The molecule has 1 saturated carbocycles. The van der Waals surface area contributed by atoms with Crippen LogP contribution in [-0.4, -0.2) is 11.6 Å². The summed E-state index contributed by atoms with van der Waals surface area (Å²) in [4.78, 5) is 14.1. The lowest BCUT2D eigenvalue weighted by Crippen LogP contribution is -2.36. The lowest BCUT2D eigenvalue weighted by atomic mass is 9.71. The van der Waals surface area contributed by atoms with Gasteiger partial charge in [0.25, 0.3) is 0 Å². The van der Waals surface area contributed by atoms with Crippen molar-refractivity contribution in [2.24, 2.45) is 16.8 Å². The molecule has 0 radical (unpaired) electrons. The van der Waals surface area contributed by atoms with Gasteiger partial charge in [0.15, 0.2) is 0 Å². The van der Waals surface area contributed by atoms with Crippen molar-refractivity contribution in [1.82, 2.24) is 0 Å². The van der Waals surface area contributed by atoms with Gasteiger partial charge in [-0.25, -0.2) is 4.79 Å². The Bertz CT molecular complexity index is 208. The second kappa shape index (κ2) is 3.40. The summed E-state index contributed by atoms with van der Waals surface area (Å²) < 4.78 is 0. The zero-order valence-corrected chi connectivity index (χ0v) is 8.13. The molecule has 0 aromatic carbocycles. The van der Waals surface area contributed by atoms with Crippen LogP contribution in [0, 0.1) is 11.8 Å². The van der Waals surface area contributed by atoms with Crippen LogP contribution < -0.4 is 0 Å². The Morgan fingerprint density at radius 3 is 2.67 bits per heavy atom. The number of carbonyl (C=O) groups excluding carboxylic acids is 1. The molecule has 12 heavy (non-hydrogen) atoms. The third-order valence-electron chi connectivity index (χ3n) is 3.26. The predicted molar refractivity (Wildman–Crippen MR) is 48.7 cm³/mol. The van der Waals surface area contributed by atoms with Crippen molar-refractivity contribution in [2.75, 3.05) is 0 Å². The lowest BCUT2D eigenvalue weighted by molar-refractivity contribution is 0.183. The highest BCUT2D eigenvalue weighted by molar-refractivity contribution is 5.35. The molecule has 0 heterocycles. The monoisotopic (exact) mass is 167 g/mol. The van der Waals surface area contributed by atoms with Crippen LogP contribution in [0.3, 0.4) is 0 Å². The molecule has 0 N–H and O–H groups in total. The molecule has 0 spiro atoms. The van der Waals surface area contributed by atoms with Gasteiger partial charge >= 0.3 is 0 Å². The largest absolute Gasteiger partial charge is 0.235 e. The first-order chi connectivity index (χ1) is 5.58. The highest BCUT2D eigenvalue weighted by atomic mass is 16.1. The minimum Gasteiger partial charge on any atom is -0.211 e. The molecule has 1 aliphatic carbocycles. The fourth-order valence-corrected chi connectivity index (χ4v) is 2.03. The van der Waals surface area contributed by atoms with Crippen LogP contribution in [0.1, 0.15) is 40.0 Å². The summed E-state index contributed by atoms with van der Waals surface area (Å²) in [6.07, 6.45) is 5.10. The van der Waals surface area contributed by atoms with Gasteiger partial charge in [0.1, 0.15) is 0 Å². The molecular formula is C10H17NO. The Morgan fingerprint density at radius 1 is 1.50 bits per heavy atom. The third kappa shape index (κ3) is 1.75. The average molecular weight is 167 g/mol. The first-order valence-electron chi connectivity index (χ1n) is 4.67. The van der Waals surface area contributed by atoms with Crippen molar-refractivity contribution in [3.8, 4) is 0 Å². The molecule has 2 nitrogen and oxygen atoms in total. The zero-order chi connectivity index (χ0) is 9.19. The number of hydrogen-bond acceptors (Lipinski definition) is 2. The molecule has 3 unspecified atom stereocenters. The van der Waals surface area contributed by atoms with Gasteiger partial charge in [-0.05, 0) is 38.0 Å². The number of rotatable bonds is 1. The van der Waals surface area contributed by atoms with Gasteiger partial charge < -0.3 is 0 Å². The van der Waals surface area contributed by atoms with Gasteiger partial charge in [-0.3, -0.25) is 0 Å². The highest BCUT2D eigenvalue weighted by Crippen LogP contribution is 2.38. The van der Waals surface area contributed by atoms with E-state index in [1.54, 1.807) is 6.08 Å². The summed E-state index contributed by atoms with van der Waals surface area (Å²) in [5.74, 6) is 1.30. The average Bonchev–Trinajstić information content (AvgIpc) is 1.99. The van der Waals surface area contributed by atoms with Gasteiger partial charge in [-0.15, -0.1) is 0 Å². The third-order valence-corrected chi connectivity index (χ3v) is 3.26. The van der Waals surface area contributed by atoms with E-state index < -0.39 is 0 Å². The van der Waals surface area contributed by atoms with Crippen LogP contribution in [-0.2, 0) is 4.79 Å². The Hall–Kier alpha value is -0.620. The SMILES string of the molecule is CC1CCC(C)(N=C=O)C(C)C1. The molecule has 0 saturated heterocycles. The van der Waals surface area contributed by atoms with Gasteiger partial charge in [0.05, 0.1) is 5.54 Å². The topological polar surface area (TPSA) is 29.4 Å². The lowest BCUT2D eigenvalue weighted by Gasteiger charge is -2.37. The summed E-state index contributed by atoms with van der Waals surface area (Å²) in [5.41, 5.74) is -0.131. The molecule has 1 fully saturated rings. The second-order valence-corrected chi connectivity index (χ2v) is 4.34. The Labute approximate surface area is 74.1 Å². The molecule has 2 heteroatoms. The van der Waals surface area contributed by atoms with Gasteiger partial charge in [-0.1, -0.05) is 13.8 Å². The summed E-state index contributed by atoms with van der Waals surface area (Å²) in [5, 5.41) is 0. The van der Waals surface area contributed by atoms with Crippen molar-refractivity contribution in [3.63, 3.8) is 0 Å². The number of isocyanates is 1. The maximum absolute atomic E-state index is 10.2. The van der Waals surface area contributed by atoms with Crippen LogP contribution in [0.5, 0.6) is 0 Å². The van der Waals surface area contributed by atoms with Crippen LogP contribution in [0.4, 0.5) is 0 Å². The van der Waals surface area contributed by atoms with Crippen molar-refractivity contribution in [1.29, 1.82) is 0 Å². The predicted octanol–water partition coefficient (Wildman–Crippen LogP) is 2.54. The van der Waals surface area contributed by atoms with Crippen LogP contribution >= 0.6 is 0 Å². The number of hydrogen-bond donors (Lipinski definition) is 0. The fourth-order valence-electron chi connectivity index (χ4n) is 2.03. The minimum absolute atomic E-state index is 0.131. The van der Waals surface area contributed by atoms with E-state index in [0.717, 1.165) is 12.3 Å². The van der Waals surface area contributed by atoms with Crippen LogP contribution in [0.25, 0.3) is 0 Å². The molecule has 1 rings (SSSR count). The minimum atomic E-state index is -0.131. The van der Waals surface area contributed by atoms with Crippen molar-refractivity contribution < 1.29 is 4.79 Å². The molecule has 0 aromatic heterocycles. The zero-order valence-electron chi connectivity index (χ0n) is 8.13. The van der Waals surface area contributed by atoms with E-state index in [1.807, 2.05) is 0 Å². The van der Waals surface area contributed by atoms with Crippen molar-refractivity contribution >= 4 is 6.08 Å². The summed E-state index contributed by atoms with van der Waals surface area (Å²) >= 11 is 0. The summed E-state index contributed by atoms with van der Waals surface area (Å²) in [6, 6.07) is 0. The molecule has 0 amide bonds. The maximum Gasteiger partial charge on any atom is 0.235 e. The van der Waals surface area contributed by atoms with Gasteiger partial charge in [-0.2, -0.15) is 4.99 Å². The van der Waals surface area contributed by atoms with Gasteiger partial charge in [0.2, 0.25) is 6.08 Å². The standard InChI is InChI=1S/C10H17NO/c1-8-4-5-10(3,11-7-12)9(2)6-8/h8-9H,4-6H2,1-3H3. The van der Waals surface area contributed by atoms with E-state index in [9.17, 15) is 4.79 Å². The summed E-state index contributed by atoms with van der Waals surface area (Å²) in [7, 11) is 0. The van der Waals surface area contributed by atoms with Crippen LogP contribution in [0.15, 0.2) is 4.99 Å². The molecule has 0 bridgehead atoms. The Balaban J connectivity index is 2.72. The van der Waals surface area contributed by atoms with Gasteiger partial charge in [0, 0.05) is 0 Å². The van der Waals surface area contributed by atoms with E-state index in [4.69, 9.17) is 0 Å². The van der Waals surface area contributed by atoms with E-state index >= 15 is 0 Å². The number of nitrogens with zero attached hydrogens (tertiary/aromatic N) is 1. The van der Waals surface area contributed by atoms with Crippen LogP contribution in [0.2, 0.25) is 0 Å². The second-order valence-electron chi connectivity index (χ2n) is 4.34.